The van der Waals surface area contributed by atoms with Crippen LogP contribution in [0.5, 0.6) is 0 Å². The second-order valence-electron chi connectivity index (χ2n) is 7.55. The zero-order valence-corrected chi connectivity index (χ0v) is 16.5. The average Bonchev–Trinajstić information content (AvgIpc) is 2.99. The molecular weight excluding hydrogens is 312 g/mol. The smallest absolute Gasteiger partial charge is 0.305 e. The summed E-state index contributed by atoms with van der Waals surface area (Å²) in [6.45, 7) is 4.46. The zero-order chi connectivity index (χ0) is 18.4. The lowest BCUT2D eigenvalue weighted by Crippen LogP contribution is -2.34. The van der Waals surface area contributed by atoms with E-state index < -0.39 is 5.60 Å². The number of carbonyl (C=O) groups is 1. The standard InChI is InChI=1S/C22H38O3/c1-4-6-7-8-9-10-11-12-13-14-15-16-21(23)24-19-22(5-2)18-17-20(3)25-22/h2,20H,4,6-19H2,1,3H3. The van der Waals surface area contributed by atoms with Gasteiger partial charge < -0.3 is 9.47 Å². The van der Waals surface area contributed by atoms with Crippen LogP contribution in [0.2, 0.25) is 0 Å². The molecule has 1 rings (SSSR count). The van der Waals surface area contributed by atoms with Gasteiger partial charge in [0.15, 0.2) is 5.60 Å². The summed E-state index contributed by atoms with van der Waals surface area (Å²) < 4.78 is 11.1. The van der Waals surface area contributed by atoms with Crippen LogP contribution in [0.3, 0.4) is 0 Å². The molecule has 0 saturated carbocycles. The molecule has 1 fully saturated rings. The maximum atomic E-state index is 11.9. The highest BCUT2D eigenvalue weighted by molar-refractivity contribution is 5.69. The Hall–Kier alpha value is -1.01. The topological polar surface area (TPSA) is 35.5 Å². The molecule has 1 aliphatic rings. The lowest BCUT2D eigenvalue weighted by molar-refractivity contribution is -0.150. The highest BCUT2D eigenvalue weighted by Gasteiger charge is 2.38. The predicted octanol–water partition coefficient (Wildman–Crippen LogP) is 5.80. The van der Waals surface area contributed by atoms with Crippen LogP contribution in [0.15, 0.2) is 0 Å². The Bertz CT molecular complexity index is 399. The first kappa shape index (κ1) is 22.0. The number of rotatable bonds is 14. The zero-order valence-electron chi connectivity index (χ0n) is 16.5. The molecule has 25 heavy (non-hydrogen) atoms. The second kappa shape index (κ2) is 13.2. The molecule has 3 heteroatoms. The van der Waals surface area contributed by atoms with Crippen molar-refractivity contribution in [3.8, 4) is 12.3 Å². The molecule has 0 aromatic rings. The largest absolute Gasteiger partial charge is 0.462 e. The lowest BCUT2D eigenvalue weighted by Gasteiger charge is -2.22. The van der Waals surface area contributed by atoms with Crippen molar-refractivity contribution >= 4 is 5.97 Å². The van der Waals surface area contributed by atoms with Crippen molar-refractivity contribution in [3.63, 3.8) is 0 Å². The van der Waals surface area contributed by atoms with Crippen LogP contribution in [0, 0.1) is 12.3 Å². The van der Waals surface area contributed by atoms with E-state index in [0.29, 0.717) is 6.42 Å². The van der Waals surface area contributed by atoms with Gasteiger partial charge in [0.05, 0.1) is 6.10 Å². The molecule has 2 atom stereocenters. The molecule has 0 radical (unpaired) electrons. The molecule has 2 unspecified atom stereocenters. The highest BCUT2D eigenvalue weighted by atomic mass is 16.6. The van der Waals surface area contributed by atoms with Gasteiger partial charge in [0.25, 0.3) is 0 Å². The van der Waals surface area contributed by atoms with Gasteiger partial charge in [-0.15, -0.1) is 6.42 Å². The third-order valence-electron chi connectivity index (χ3n) is 5.10. The quantitative estimate of drug-likeness (QED) is 0.225. The highest BCUT2D eigenvalue weighted by Crippen LogP contribution is 2.30. The van der Waals surface area contributed by atoms with E-state index in [4.69, 9.17) is 15.9 Å². The summed E-state index contributed by atoms with van der Waals surface area (Å²) in [7, 11) is 0. The number of hydrogen-bond acceptors (Lipinski definition) is 3. The summed E-state index contributed by atoms with van der Waals surface area (Å²) >= 11 is 0. The van der Waals surface area contributed by atoms with Gasteiger partial charge in [-0.1, -0.05) is 77.1 Å². The number of unbranched alkanes of at least 4 members (excludes halogenated alkanes) is 10. The number of esters is 1. The maximum absolute atomic E-state index is 11.9. The summed E-state index contributed by atoms with van der Waals surface area (Å²) in [6.07, 6.45) is 22.0. The monoisotopic (exact) mass is 350 g/mol. The Balaban J connectivity index is 1.93. The molecule has 1 saturated heterocycles. The van der Waals surface area contributed by atoms with E-state index in [2.05, 4.69) is 12.8 Å². The average molecular weight is 351 g/mol. The van der Waals surface area contributed by atoms with E-state index in [1.54, 1.807) is 0 Å². The molecule has 3 nitrogen and oxygen atoms in total. The summed E-state index contributed by atoms with van der Waals surface area (Å²) in [4.78, 5) is 11.9. The van der Waals surface area contributed by atoms with E-state index in [-0.39, 0.29) is 18.7 Å². The van der Waals surface area contributed by atoms with Gasteiger partial charge in [0.2, 0.25) is 0 Å². The van der Waals surface area contributed by atoms with E-state index in [1.807, 2.05) is 6.92 Å². The van der Waals surface area contributed by atoms with E-state index >= 15 is 0 Å². The first-order chi connectivity index (χ1) is 12.1. The third-order valence-corrected chi connectivity index (χ3v) is 5.10. The Kier molecular flexibility index (Phi) is 11.7. The van der Waals surface area contributed by atoms with Gasteiger partial charge in [0.1, 0.15) is 6.61 Å². The normalized spacial score (nSPS) is 22.7. The Morgan fingerprint density at radius 3 is 2.12 bits per heavy atom. The fourth-order valence-corrected chi connectivity index (χ4v) is 3.40. The van der Waals surface area contributed by atoms with Gasteiger partial charge in [-0.3, -0.25) is 4.79 Å². The number of carbonyl (C=O) groups excluding carboxylic acids is 1. The van der Waals surface area contributed by atoms with E-state index in [0.717, 1.165) is 25.7 Å². The first-order valence-electron chi connectivity index (χ1n) is 10.4. The third kappa shape index (κ3) is 9.90. The van der Waals surface area contributed by atoms with Crippen LogP contribution < -0.4 is 0 Å². The summed E-state index contributed by atoms with van der Waals surface area (Å²) in [5.41, 5.74) is -0.688. The van der Waals surface area contributed by atoms with Gasteiger partial charge in [0, 0.05) is 6.42 Å². The van der Waals surface area contributed by atoms with Crippen molar-refractivity contribution in [2.45, 2.75) is 115 Å². The van der Waals surface area contributed by atoms with Gasteiger partial charge in [-0.25, -0.2) is 0 Å². The number of hydrogen-bond donors (Lipinski definition) is 0. The van der Waals surface area contributed by atoms with Gasteiger partial charge >= 0.3 is 5.97 Å². The molecule has 0 aromatic carbocycles. The van der Waals surface area contributed by atoms with Crippen LogP contribution >= 0.6 is 0 Å². The minimum Gasteiger partial charge on any atom is -0.462 e. The van der Waals surface area contributed by atoms with E-state index in [9.17, 15) is 4.79 Å². The molecule has 0 aromatic heterocycles. The van der Waals surface area contributed by atoms with Crippen molar-refractivity contribution in [2.75, 3.05) is 6.61 Å². The van der Waals surface area contributed by atoms with Crippen LogP contribution in [0.4, 0.5) is 0 Å². The van der Waals surface area contributed by atoms with Crippen LogP contribution in [-0.2, 0) is 14.3 Å². The number of ether oxygens (including phenoxy) is 2. The minimum atomic E-state index is -0.688. The maximum Gasteiger partial charge on any atom is 0.305 e. The summed E-state index contributed by atoms with van der Waals surface area (Å²) in [6, 6.07) is 0. The Morgan fingerprint density at radius 1 is 1.08 bits per heavy atom. The van der Waals surface area contributed by atoms with E-state index in [1.165, 1.54) is 57.8 Å². The van der Waals surface area contributed by atoms with Crippen LogP contribution in [0.1, 0.15) is 104 Å². The fourth-order valence-electron chi connectivity index (χ4n) is 3.40. The van der Waals surface area contributed by atoms with Gasteiger partial charge in [-0.2, -0.15) is 0 Å². The lowest BCUT2D eigenvalue weighted by atomic mass is 10.0. The molecule has 0 amide bonds. The summed E-state index contributed by atoms with van der Waals surface area (Å²) in [5.74, 6) is 2.53. The van der Waals surface area contributed by atoms with Crippen molar-refractivity contribution < 1.29 is 14.3 Å². The van der Waals surface area contributed by atoms with Crippen molar-refractivity contribution in [1.82, 2.24) is 0 Å². The van der Waals surface area contributed by atoms with Crippen molar-refractivity contribution in [3.05, 3.63) is 0 Å². The van der Waals surface area contributed by atoms with Crippen molar-refractivity contribution in [2.24, 2.45) is 0 Å². The Labute approximate surface area is 155 Å². The SMILES string of the molecule is C#CC1(COC(=O)CCCCCCCCCCCCC)CCC(C)O1. The molecule has 0 N–H and O–H groups in total. The van der Waals surface area contributed by atoms with Gasteiger partial charge in [-0.05, 0) is 26.2 Å². The predicted molar refractivity (Wildman–Crippen MR) is 103 cm³/mol. The molecule has 1 heterocycles. The van der Waals surface area contributed by atoms with Crippen LogP contribution in [0.25, 0.3) is 0 Å². The van der Waals surface area contributed by atoms with Crippen molar-refractivity contribution in [1.29, 1.82) is 0 Å². The first-order valence-corrected chi connectivity index (χ1v) is 10.4. The molecular formula is C22H38O3. The second-order valence-corrected chi connectivity index (χ2v) is 7.55. The molecule has 0 bridgehead atoms. The fraction of sp³-hybridized carbons (Fsp3) is 0.864. The minimum absolute atomic E-state index is 0.145. The Morgan fingerprint density at radius 2 is 1.64 bits per heavy atom. The molecule has 144 valence electrons. The molecule has 0 spiro atoms. The van der Waals surface area contributed by atoms with Crippen LogP contribution in [-0.4, -0.2) is 24.3 Å². The molecule has 0 aliphatic carbocycles. The summed E-state index contributed by atoms with van der Waals surface area (Å²) in [5, 5.41) is 0. The number of terminal acetylenes is 1. The molecule has 1 aliphatic heterocycles.